The van der Waals surface area contributed by atoms with Gasteiger partial charge >= 0.3 is 0 Å². The minimum Gasteiger partial charge on any atom is -0.294 e. The van der Waals surface area contributed by atoms with Crippen LogP contribution in [0.15, 0.2) is 36.4 Å². The molecule has 0 unspecified atom stereocenters. The molecule has 0 saturated heterocycles. The Morgan fingerprint density at radius 3 is 2.11 bits per heavy atom. The van der Waals surface area contributed by atoms with E-state index in [4.69, 9.17) is 0 Å². The fourth-order valence-corrected chi connectivity index (χ4v) is 1.78. The van der Waals surface area contributed by atoms with Gasteiger partial charge in [0.05, 0.1) is 0 Å². The molecule has 0 aromatic heterocycles. The highest BCUT2D eigenvalue weighted by atomic mass is 19.2. The summed E-state index contributed by atoms with van der Waals surface area (Å²) in [6, 6.07) is 7.43. The molecular formula is C15H11F3O. The molecule has 98 valence electrons. The molecule has 2 rings (SSSR count). The van der Waals surface area contributed by atoms with Crippen molar-refractivity contribution in [1.82, 2.24) is 0 Å². The molecule has 0 N–H and O–H groups in total. The molecule has 4 heteroatoms. The number of hydrogen-bond donors (Lipinski definition) is 0. The molecule has 0 fully saturated rings. The van der Waals surface area contributed by atoms with Gasteiger partial charge < -0.3 is 0 Å². The summed E-state index contributed by atoms with van der Waals surface area (Å²) in [6.07, 6.45) is 0.374. The van der Waals surface area contributed by atoms with Gasteiger partial charge in [0.1, 0.15) is 5.82 Å². The number of halogens is 3. The average Bonchev–Trinajstić information content (AvgIpc) is 2.42. The van der Waals surface area contributed by atoms with Crippen LogP contribution in [0.25, 0.3) is 11.1 Å². The largest absolute Gasteiger partial charge is 0.294 e. The third-order valence-electron chi connectivity index (χ3n) is 2.85. The van der Waals surface area contributed by atoms with Crippen molar-refractivity contribution in [3.8, 4) is 11.1 Å². The van der Waals surface area contributed by atoms with Gasteiger partial charge in [0.2, 0.25) is 0 Å². The molecule has 0 aliphatic rings. The van der Waals surface area contributed by atoms with E-state index in [-0.39, 0.29) is 11.3 Å². The van der Waals surface area contributed by atoms with Crippen LogP contribution >= 0.6 is 0 Å². The van der Waals surface area contributed by atoms with E-state index in [0.717, 1.165) is 6.07 Å². The molecule has 0 radical (unpaired) electrons. The zero-order valence-electron chi connectivity index (χ0n) is 10.2. The van der Waals surface area contributed by atoms with Crippen LogP contribution in [-0.2, 0) is 0 Å². The topological polar surface area (TPSA) is 17.1 Å². The third-order valence-corrected chi connectivity index (χ3v) is 2.85. The van der Waals surface area contributed by atoms with Gasteiger partial charge in [-0.15, -0.1) is 0 Å². The maximum Gasteiger partial charge on any atom is 0.162 e. The minimum atomic E-state index is -1.22. The fraction of sp³-hybridized carbons (Fsp3) is 0.133. The first-order valence-electron chi connectivity index (χ1n) is 5.81. The molecule has 1 nitrogen and oxygen atoms in total. The van der Waals surface area contributed by atoms with E-state index in [1.54, 1.807) is 19.1 Å². The highest BCUT2D eigenvalue weighted by Gasteiger charge is 2.12. The number of carbonyl (C=O) groups excluding carboxylic acids is 1. The summed E-state index contributed by atoms with van der Waals surface area (Å²) >= 11 is 0. The summed E-state index contributed by atoms with van der Waals surface area (Å²) in [7, 11) is 0. The van der Waals surface area contributed by atoms with Crippen LogP contribution in [0.4, 0.5) is 13.2 Å². The number of rotatable bonds is 3. The lowest BCUT2D eigenvalue weighted by Gasteiger charge is -2.05. The monoisotopic (exact) mass is 264 g/mol. The first kappa shape index (κ1) is 13.3. The maximum atomic E-state index is 13.6. The molecule has 0 heterocycles. The molecule has 0 bridgehead atoms. The van der Waals surface area contributed by atoms with Crippen molar-refractivity contribution < 1.29 is 18.0 Å². The van der Waals surface area contributed by atoms with Crippen molar-refractivity contribution in [3.05, 3.63) is 59.4 Å². The zero-order chi connectivity index (χ0) is 14.0. The van der Waals surface area contributed by atoms with Crippen molar-refractivity contribution in [3.63, 3.8) is 0 Å². The molecule has 0 spiro atoms. The van der Waals surface area contributed by atoms with Gasteiger partial charge in [-0.2, -0.15) is 0 Å². The summed E-state index contributed by atoms with van der Waals surface area (Å²) in [6.45, 7) is 1.74. The van der Waals surface area contributed by atoms with Crippen molar-refractivity contribution in [2.24, 2.45) is 0 Å². The van der Waals surface area contributed by atoms with Gasteiger partial charge in [-0.3, -0.25) is 4.79 Å². The second-order valence-corrected chi connectivity index (χ2v) is 4.10. The van der Waals surface area contributed by atoms with E-state index in [2.05, 4.69) is 0 Å². The first-order valence-corrected chi connectivity index (χ1v) is 5.81. The molecule has 2 aromatic carbocycles. The van der Waals surface area contributed by atoms with Crippen LogP contribution in [0.2, 0.25) is 0 Å². The lowest BCUT2D eigenvalue weighted by atomic mass is 10.0. The second kappa shape index (κ2) is 5.26. The lowest BCUT2D eigenvalue weighted by molar-refractivity contribution is 0.0988. The van der Waals surface area contributed by atoms with Crippen LogP contribution in [-0.4, -0.2) is 5.78 Å². The summed E-state index contributed by atoms with van der Waals surface area (Å²) in [5.41, 5.74) is 0.868. The summed E-state index contributed by atoms with van der Waals surface area (Å²) in [4.78, 5) is 11.4. The molecule has 0 atom stereocenters. The van der Waals surface area contributed by atoms with Crippen molar-refractivity contribution >= 4 is 5.78 Å². The number of carbonyl (C=O) groups is 1. The lowest BCUT2D eigenvalue weighted by Crippen LogP contribution is -1.96. The Hall–Kier alpha value is -2.10. The second-order valence-electron chi connectivity index (χ2n) is 4.10. The summed E-state index contributed by atoms with van der Waals surface area (Å²) in [5, 5.41) is 0. The zero-order valence-corrected chi connectivity index (χ0v) is 10.2. The molecule has 2 aromatic rings. The van der Waals surface area contributed by atoms with E-state index in [1.807, 2.05) is 0 Å². The number of Topliss-reactive ketones (excluding diaryl/α,β-unsaturated/α-hetero) is 1. The Labute approximate surface area is 108 Å². The molecule has 0 saturated carbocycles. The van der Waals surface area contributed by atoms with Gasteiger partial charge in [0.25, 0.3) is 0 Å². The molecule has 0 amide bonds. The minimum absolute atomic E-state index is 0.0303. The van der Waals surface area contributed by atoms with E-state index in [9.17, 15) is 18.0 Å². The predicted molar refractivity (Wildman–Crippen MR) is 66.4 cm³/mol. The maximum absolute atomic E-state index is 13.6. The Kier molecular flexibility index (Phi) is 3.69. The van der Waals surface area contributed by atoms with Crippen molar-refractivity contribution in [2.75, 3.05) is 0 Å². The Morgan fingerprint density at radius 1 is 0.947 bits per heavy atom. The molecular weight excluding hydrogens is 253 g/mol. The Balaban J connectivity index is 2.43. The van der Waals surface area contributed by atoms with Gasteiger partial charge in [0.15, 0.2) is 17.4 Å². The molecule has 19 heavy (non-hydrogen) atoms. The van der Waals surface area contributed by atoms with Crippen LogP contribution < -0.4 is 0 Å². The van der Waals surface area contributed by atoms with Crippen LogP contribution in [0.5, 0.6) is 0 Å². The molecule has 0 aliphatic carbocycles. The average molecular weight is 264 g/mol. The quantitative estimate of drug-likeness (QED) is 0.594. The highest BCUT2D eigenvalue weighted by molar-refractivity contribution is 5.96. The van der Waals surface area contributed by atoms with Crippen molar-refractivity contribution in [1.29, 1.82) is 0 Å². The normalized spacial score (nSPS) is 10.5. The third kappa shape index (κ3) is 2.67. The van der Waals surface area contributed by atoms with Crippen LogP contribution in [0.1, 0.15) is 23.7 Å². The van der Waals surface area contributed by atoms with Gasteiger partial charge in [-0.25, -0.2) is 13.2 Å². The Bertz CT molecular complexity index is 618. The summed E-state index contributed by atoms with van der Waals surface area (Å²) < 4.78 is 39.5. The van der Waals surface area contributed by atoms with E-state index >= 15 is 0 Å². The van der Waals surface area contributed by atoms with Crippen molar-refractivity contribution in [2.45, 2.75) is 13.3 Å². The van der Waals surface area contributed by atoms with Gasteiger partial charge in [-0.1, -0.05) is 31.2 Å². The van der Waals surface area contributed by atoms with Gasteiger partial charge in [0, 0.05) is 23.6 Å². The van der Waals surface area contributed by atoms with E-state index < -0.39 is 17.5 Å². The van der Waals surface area contributed by atoms with Gasteiger partial charge in [-0.05, 0) is 11.6 Å². The standard InChI is InChI=1S/C15H11F3O/c1-2-15(19)10-5-3-9(4-6-10)11-7-13(17)14(18)8-12(11)16/h3-8H,2H2,1H3. The summed E-state index contributed by atoms with van der Waals surface area (Å²) in [5.74, 6) is -3.20. The SMILES string of the molecule is CCC(=O)c1ccc(-c2cc(F)c(F)cc2F)cc1. The van der Waals surface area contributed by atoms with Crippen LogP contribution in [0.3, 0.4) is 0 Å². The number of hydrogen-bond acceptors (Lipinski definition) is 1. The smallest absolute Gasteiger partial charge is 0.162 e. The van der Waals surface area contributed by atoms with E-state index in [1.165, 1.54) is 12.1 Å². The predicted octanol–water partition coefficient (Wildman–Crippen LogP) is 4.36. The first-order chi connectivity index (χ1) is 9.02. The van der Waals surface area contributed by atoms with Crippen LogP contribution in [0, 0.1) is 17.5 Å². The molecule has 0 aliphatic heterocycles. The fourth-order valence-electron chi connectivity index (χ4n) is 1.78. The highest BCUT2D eigenvalue weighted by Crippen LogP contribution is 2.25. The number of benzene rings is 2. The number of ketones is 1. The van der Waals surface area contributed by atoms with E-state index in [0.29, 0.717) is 23.6 Å². The Morgan fingerprint density at radius 2 is 1.53 bits per heavy atom.